The van der Waals surface area contributed by atoms with Crippen molar-refractivity contribution < 1.29 is 18.7 Å². The summed E-state index contributed by atoms with van der Waals surface area (Å²) in [4.78, 5) is 24.3. The van der Waals surface area contributed by atoms with Gasteiger partial charge in [0.15, 0.2) is 26.1 Å². The van der Waals surface area contributed by atoms with Gasteiger partial charge in [0.25, 0.3) is 0 Å². The summed E-state index contributed by atoms with van der Waals surface area (Å²) in [5.74, 6) is -0.359. The van der Waals surface area contributed by atoms with Gasteiger partial charge in [-0.25, -0.2) is 15.0 Å². The lowest BCUT2D eigenvalue weighted by Crippen LogP contribution is -2.42. The molecule has 3 rings (SSSR count). The zero-order valence-electron chi connectivity index (χ0n) is 17.0. The van der Waals surface area contributed by atoms with Crippen molar-refractivity contribution in [2.45, 2.75) is 71.7 Å². The van der Waals surface area contributed by atoms with Crippen LogP contribution in [0, 0.1) is 5.41 Å². The van der Waals surface area contributed by atoms with Crippen LogP contribution in [0.4, 0.5) is 0 Å². The summed E-state index contributed by atoms with van der Waals surface area (Å²) in [6.07, 6.45) is 2.13. The van der Waals surface area contributed by atoms with E-state index in [2.05, 4.69) is 48.8 Å². The van der Waals surface area contributed by atoms with Gasteiger partial charge in [-0.15, -0.1) is 0 Å². The second kappa shape index (κ2) is 8.06. The topological polar surface area (TPSA) is 88.4 Å². The number of esters is 1. The normalized spacial score (nSPS) is 24.1. The van der Waals surface area contributed by atoms with Gasteiger partial charge in [0.1, 0.15) is 17.9 Å². The van der Waals surface area contributed by atoms with Crippen molar-refractivity contribution in [1.29, 1.82) is 0 Å². The van der Waals surface area contributed by atoms with E-state index < -0.39 is 21.4 Å². The van der Waals surface area contributed by atoms with Crippen molar-refractivity contribution in [2.24, 2.45) is 5.41 Å². The molecule has 0 radical (unpaired) electrons. The van der Waals surface area contributed by atoms with E-state index in [4.69, 9.17) is 25.5 Å². The summed E-state index contributed by atoms with van der Waals surface area (Å²) in [5, 5.41) is 0.268. The fourth-order valence-electron chi connectivity index (χ4n) is 3.58. The molecular formula is C18H27ClN4O4Si. The summed E-state index contributed by atoms with van der Waals surface area (Å²) in [5.41, 5.74) is 0.894. The maximum atomic E-state index is 11.7. The van der Waals surface area contributed by atoms with Gasteiger partial charge in [-0.2, -0.15) is 0 Å². The van der Waals surface area contributed by atoms with Gasteiger partial charge in [-0.1, -0.05) is 32.4 Å². The van der Waals surface area contributed by atoms with E-state index in [1.54, 1.807) is 10.9 Å². The highest BCUT2D eigenvalue weighted by atomic mass is 35.5. The van der Waals surface area contributed by atoms with E-state index >= 15 is 0 Å². The molecule has 28 heavy (non-hydrogen) atoms. The van der Waals surface area contributed by atoms with E-state index in [9.17, 15) is 4.79 Å². The Hall–Kier alpha value is -1.55. The van der Waals surface area contributed by atoms with Gasteiger partial charge < -0.3 is 13.9 Å². The molecule has 0 amide bonds. The fraction of sp³-hybridized carbons (Fsp3) is 0.667. The summed E-state index contributed by atoms with van der Waals surface area (Å²) >= 11 is 6.13. The first kappa shape index (κ1) is 21.2. The van der Waals surface area contributed by atoms with Gasteiger partial charge >= 0.3 is 5.97 Å². The molecule has 1 fully saturated rings. The number of fused-ring (bicyclic) bond motifs is 1. The monoisotopic (exact) mass is 426 g/mol. The first-order valence-corrected chi connectivity index (χ1v) is 12.5. The molecule has 0 aromatic carbocycles. The standard InChI is InChI=1S/C18H27ClN4O4Si/c1-10(24)25-12-7-11(14(18(2,3)4)27-28(5)6)26-17(12)23-9-22-13-15(19)20-8-21-16(13)23/h8-9,11-12,14,17,28H,7H2,1-6H3/t11-,12+,14?,17-/m1/s1. The van der Waals surface area contributed by atoms with Crippen LogP contribution in [0.1, 0.15) is 40.3 Å². The molecule has 154 valence electrons. The molecule has 8 nitrogen and oxygen atoms in total. The predicted octanol–water partition coefficient (Wildman–Crippen LogP) is 3.11. The zero-order chi connectivity index (χ0) is 20.6. The second-order valence-corrected chi connectivity index (χ2v) is 11.1. The average Bonchev–Trinajstić information content (AvgIpc) is 3.15. The maximum absolute atomic E-state index is 11.7. The number of carbonyl (C=O) groups is 1. The third-order valence-electron chi connectivity index (χ3n) is 4.61. The van der Waals surface area contributed by atoms with Crippen LogP contribution < -0.4 is 0 Å². The fourth-order valence-corrected chi connectivity index (χ4v) is 4.93. The minimum Gasteiger partial charge on any atom is -0.458 e. The molecule has 0 bridgehead atoms. The molecule has 4 atom stereocenters. The predicted molar refractivity (Wildman–Crippen MR) is 108 cm³/mol. The molecule has 2 aromatic rings. The van der Waals surface area contributed by atoms with Gasteiger partial charge in [0, 0.05) is 13.3 Å². The molecule has 0 spiro atoms. The number of hydrogen-bond acceptors (Lipinski definition) is 7. The number of imidazole rings is 1. The Kier molecular flexibility index (Phi) is 6.09. The van der Waals surface area contributed by atoms with Gasteiger partial charge in [-0.05, 0) is 18.5 Å². The Bertz CT molecular complexity index is 854. The van der Waals surface area contributed by atoms with E-state index in [0.29, 0.717) is 17.6 Å². The molecule has 1 aliphatic heterocycles. The lowest BCUT2D eigenvalue weighted by Gasteiger charge is -2.36. The van der Waals surface area contributed by atoms with E-state index in [1.165, 1.54) is 13.3 Å². The Morgan fingerprint density at radius 2 is 2.07 bits per heavy atom. The third-order valence-corrected chi connectivity index (χ3v) is 5.73. The van der Waals surface area contributed by atoms with Crippen LogP contribution in [-0.2, 0) is 18.7 Å². The summed E-state index contributed by atoms with van der Waals surface area (Å²) < 4.78 is 20.1. The molecule has 2 aromatic heterocycles. The Morgan fingerprint density at radius 3 is 2.68 bits per heavy atom. The lowest BCUT2D eigenvalue weighted by molar-refractivity contribution is -0.153. The van der Waals surface area contributed by atoms with Crippen LogP contribution in [-0.4, -0.2) is 52.8 Å². The summed E-state index contributed by atoms with van der Waals surface area (Å²) in [7, 11) is -1.31. The van der Waals surface area contributed by atoms with E-state index in [1.807, 2.05) is 0 Å². The molecule has 0 saturated carbocycles. The third kappa shape index (κ3) is 4.37. The van der Waals surface area contributed by atoms with Crippen LogP contribution in [0.25, 0.3) is 11.2 Å². The number of rotatable bonds is 5. The van der Waals surface area contributed by atoms with Crippen molar-refractivity contribution in [3.63, 3.8) is 0 Å². The number of halogens is 1. The number of hydrogen-bond donors (Lipinski definition) is 0. The highest BCUT2D eigenvalue weighted by molar-refractivity contribution is 6.48. The summed E-state index contributed by atoms with van der Waals surface area (Å²) in [6, 6.07) is 0. The van der Waals surface area contributed by atoms with Crippen molar-refractivity contribution in [3.8, 4) is 0 Å². The number of nitrogens with zero attached hydrogens (tertiary/aromatic N) is 4. The molecule has 1 aliphatic rings. The second-order valence-electron chi connectivity index (χ2n) is 8.41. The van der Waals surface area contributed by atoms with Crippen LogP contribution in [0.3, 0.4) is 0 Å². The molecule has 1 saturated heterocycles. The quantitative estimate of drug-likeness (QED) is 0.412. The van der Waals surface area contributed by atoms with Crippen LogP contribution >= 0.6 is 11.6 Å². The maximum Gasteiger partial charge on any atom is 0.303 e. The number of ether oxygens (including phenoxy) is 2. The zero-order valence-corrected chi connectivity index (χ0v) is 19.0. The first-order valence-electron chi connectivity index (χ1n) is 9.39. The van der Waals surface area contributed by atoms with Crippen molar-refractivity contribution in [1.82, 2.24) is 19.5 Å². The molecule has 10 heteroatoms. The molecular weight excluding hydrogens is 400 g/mol. The van der Waals surface area contributed by atoms with Crippen LogP contribution in [0.5, 0.6) is 0 Å². The Morgan fingerprint density at radius 1 is 1.36 bits per heavy atom. The SMILES string of the molecule is CC(=O)O[C@H]1C[C@H](C(O[SiH](C)C)C(C)(C)C)O[C@H]1n1cnc2c(Cl)ncnc21. The first-order chi connectivity index (χ1) is 13.1. The van der Waals surface area contributed by atoms with Gasteiger partial charge in [0.2, 0.25) is 0 Å². The summed E-state index contributed by atoms with van der Waals surface area (Å²) in [6.45, 7) is 12.1. The smallest absolute Gasteiger partial charge is 0.303 e. The lowest BCUT2D eigenvalue weighted by atomic mass is 9.85. The van der Waals surface area contributed by atoms with E-state index in [-0.39, 0.29) is 28.7 Å². The number of carbonyl (C=O) groups excluding carboxylic acids is 1. The minimum absolute atomic E-state index is 0.116. The Balaban J connectivity index is 1.96. The highest BCUT2D eigenvalue weighted by Gasteiger charge is 2.46. The largest absolute Gasteiger partial charge is 0.458 e. The van der Waals surface area contributed by atoms with E-state index in [0.717, 1.165) is 0 Å². The highest BCUT2D eigenvalue weighted by Crippen LogP contribution is 2.40. The molecule has 1 unspecified atom stereocenters. The average molecular weight is 427 g/mol. The molecule has 3 heterocycles. The van der Waals surface area contributed by atoms with Crippen molar-refractivity contribution >= 4 is 37.8 Å². The Labute approximate surface area is 171 Å². The van der Waals surface area contributed by atoms with Crippen molar-refractivity contribution in [3.05, 3.63) is 17.8 Å². The van der Waals surface area contributed by atoms with Crippen molar-refractivity contribution in [2.75, 3.05) is 0 Å². The van der Waals surface area contributed by atoms with Crippen LogP contribution in [0.15, 0.2) is 12.7 Å². The van der Waals surface area contributed by atoms with Gasteiger partial charge in [0.05, 0.1) is 18.5 Å². The van der Waals surface area contributed by atoms with Gasteiger partial charge in [-0.3, -0.25) is 9.36 Å². The van der Waals surface area contributed by atoms with Crippen LogP contribution in [0.2, 0.25) is 18.2 Å². The minimum atomic E-state index is -1.31. The number of aromatic nitrogens is 4. The molecule has 0 N–H and O–H groups in total. The molecule has 0 aliphatic carbocycles.